The maximum absolute atomic E-state index is 13.8. The number of alkyl halides is 3. The summed E-state index contributed by atoms with van der Waals surface area (Å²) in [6.07, 6.45) is -3.48. The molecule has 0 aliphatic rings. The van der Waals surface area contributed by atoms with Crippen LogP contribution in [0, 0.1) is 5.82 Å². The smallest absolute Gasteiger partial charge is 0.433 e. The van der Waals surface area contributed by atoms with Gasteiger partial charge < -0.3 is 20.3 Å². The van der Waals surface area contributed by atoms with Crippen LogP contribution in [0.15, 0.2) is 35.5 Å². The molecular weight excluding hydrogens is 519 g/mol. The van der Waals surface area contributed by atoms with Gasteiger partial charge in [0.25, 0.3) is 0 Å². The topological polar surface area (TPSA) is 74.7 Å². The summed E-state index contributed by atoms with van der Waals surface area (Å²) in [5.74, 6) is 0.139. The van der Waals surface area contributed by atoms with Crippen molar-refractivity contribution in [2.45, 2.75) is 12.7 Å². The molecule has 0 atom stereocenters. The SMILES string of the molecule is CN=C(NCCNc1nccc(C(F)(F)F)n1)N(C)Cc1ccc(OC)c(F)c1.I. The van der Waals surface area contributed by atoms with E-state index in [2.05, 4.69) is 25.6 Å². The molecule has 2 rings (SSSR count). The minimum absolute atomic E-state index is 0. The maximum Gasteiger partial charge on any atom is 0.433 e. The highest BCUT2D eigenvalue weighted by Crippen LogP contribution is 2.27. The van der Waals surface area contributed by atoms with Crippen LogP contribution in [0.3, 0.4) is 0 Å². The van der Waals surface area contributed by atoms with Crippen molar-refractivity contribution in [1.29, 1.82) is 0 Å². The van der Waals surface area contributed by atoms with Crippen LogP contribution in [0.25, 0.3) is 0 Å². The van der Waals surface area contributed by atoms with Crippen LogP contribution in [-0.4, -0.2) is 55.1 Å². The van der Waals surface area contributed by atoms with Crippen molar-refractivity contribution in [3.05, 3.63) is 47.5 Å². The second-order valence-corrected chi connectivity index (χ2v) is 5.99. The summed E-state index contributed by atoms with van der Waals surface area (Å²) in [5.41, 5.74) is -0.283. The Balaban J connectivity index is 0.00000450. The molecule has 0 unspecified atom stereocenters. The molecule has 166 valence electrons. The van der Waals surface area contributed by atoms with E-state index in [0.717, 1.165) is 17.8 Å². The Morgan fingerprint density at radius 3 is 2.57 bits per heavy atom. The molecule has 0 fully saturated rings. The lowest BCUT2D eigenvalue weighted by molar-refractivity contribution is -0.141. The molecule has 0 spiro atoms. The zero-order valence-electron chi connectivity index (χ0n) is 16.6. The molecule has 1 heterocycles. The van der Waals surface area contributed by atoms with Gasteiger partial charge in [-0.25, -0.2) is 14.4 Å². The standard InChI is InChI=1S/C18H22F4N6O.HI/c1-23-17(28(2)11-12-4-5-14(29-3)13(19)10-12)26-9-8-25-16-24-7-6-15(27-16)18(20,21)22;/h4-7,10H,8-9,11H2,1-3H3,(H,23,26)(H,24,25,27);1H. The maximum atomic E-state index is 13.8. The predicted molar refractivity (Wildman–Crippen MR) is 117 cm³/mol. The van der Waals surface area contributed by atoms with Gasteiger partial charge in [0.05, 0.1) is 7.11 Å². The highest BCUT2D eigenvalue weighted by atomic mass is 127. The summed E-state index contributed by atoms with van der Waals surface area (Å²) in [7, 11) is 4.77. The van der Waals surface area contributed by atoms with Crippen molar-refractivity contribution >= 4 is 35.9 Å². The highest BCUT2D eigenvalue weighted by Gasteiger charge is 2.32. The van der Waals surface area contributed by atoms with E-state index >= 15 is 0 Å². The molecule has 0 bridgehead atoms. The summed E-state index contributed by atoms with van der Waals surface area (Å²) in [6, 6.07) is 5.49. The van der Waals surface area contributed by atoms with E-state index in [1.54, 1.807) is 31.1 Å². The summed E-state index contributed by atoms with van der Waals surface area (Å²) in [6.45, 7) is 1.02. The molecule has 2 N–H and O–H groups in total. The van der Waals surface area contributed by atoms with Gasteiger partial charge in [0.2, 0.25) is 5.95 Å². The third kappa shape index (κ3) is 7.46. The van der Waals surface area contributed by atoms with E-state index in [0.29, 0.717) is 19.0 Å². The Labute approximate surface area is 189 Å². The zero-order valence-corrected chi connectivity index (χ0v) is 19.0. The van der Waals surface area contributed by atoms with Crippen LogP contribution in [0.2, 0.25) is 0 Å². The van der Waals surface area contributed by atoms with Gasteiger partial charge in [0.15, 0.2) is 17.5 Å². The molecule has 0 aliphatic carbocycles. The molecule has 0 amide bonds. The Hall–Kier alpha value is -2.38. The number of hydrogen-bond acceptors (Lipinski definition) is 5. The second-order valence-electron chi connectivity index (χ2n) is 5.99. The van der Waals surface area contributed by atoms with E-state index in [4.69, 9.17) is 4.74 Å². The molecular formula is C18H23F4IN6O. The fourth-order valence-electron chi connectivity index (χ4n) is 2.49. The Morgan fingerprint density at radius 2 is 1.97 bits per heavy atom. The molecule has 0 aliphatic heterocycles. The number of ether oxygens (including phenoxy) is 1. The van der Waals surface area contributed by atoms with Crippen molar-refractivity contribution in [2.24, 2.45) is 4.99 Å². The van der Waals surface area contributed by atoms with E-state index < -0.39 is 17.7 Å². The number of nitrogens with zero attached hydrogens (tertiary/aromatic N) is 4. The average Bonchev–Trinajstić information content (AvgIpc) is 2.67. The lowest BCUT2D eigenvalue weighted by atomic mass is 10.2. The normalized spacial score (nSPS) is 11.5. The van der Waals surface area contributed by atoms with E-state index in [1.807, 2.05) is 0 Å². The molecule has 7 nitrogen and oxygen atoms in total. The van der Waals surface area contributed by atoms with Crippen LogP contribution in [0.1, 0.15) is 11.3 Å². The van der Waals surface area contributed by atoms with Gasteiger partial charge in [-0.05, 0) is 23.8 Å². The number of benzene rings is 1. The van der Waals surface area contributed by atoms with Crippen molar-refractivity contribution in [2.75, 3.05) is 39.6 Å². The fourth-order valence-corrected chi connectivity index (χ4v) is 2.49. The fraction of sp³-hybridized carbons (Fsp3) is 0.389. The first-order valence-electron chi connectivity index (χ1n) is 8.63. The number of methoxy groups -OCH3 is 1. The van der Waals surface area contributed by atoms with E-state index in [-0.39, 0.29) is 42.2 Å². The van der Waals surface area contributed by atoms with Gasteiger partial charge in [-0.15, -0.1) is 24.0 Å². The van der Waals surface area contributed by atoms with E-state index in [1.165, 1.54) is 13.2 Å². The molecule has 0 radical (unpaired) electrons. The summed E-state index contributed by atoms with van der Waals surface area (Å²) in [4.78, 5) is 13.1. The lowest BCUT2D eigenvalue weighted by Gasteiger charge is -2.22. The minimum Gasteiger partial charge on any atom is -0.494 e. The summed E-state index contributed by atoms with van der Waals surface area (Å²) >= 11 is 0. The number of nitrogens with one attached hydrogen (secondary N) is 2. The van der Waals surface area contributed by atoms with Gasteiger partial charge in [0.1, 0.15) is 5.69 Å². The first-order chi connectivity index (χ1) is 13.7. The Morgan fingerprint density at radius 1 is 1.23 bits per heavy atom. The van der Waals surface area contributed by atoms with Crippen molar-refractivity contribution in [1.82, 2.24) is 20.2 Å². The Bertz CT molecular complexity index is 850. The van der Waals surface area contributed by atoms with Gasteiger partial charge in [0, 0.05) is 39.9 Å². The van der Waals surface area contributed by atoms with Gasteiger partial charge >= 0.3 is 6.18 Å². The molecule has 12 heteroatoms. The molecule has 1 aromatic carbocycles. The van der Waals surface area contributed by atoms with Crippen molar-refractivity contribution in [3.63, 3.8) is 0 Å². The first kappa shape index (κ1) is 25.7. The lowest BCUT2D eigenvalue weighted by Crippen LogP contribution is -2.40. The monoisotopic (exact) mass is 542 g/mol. The van der Waals surface area contributed by atoms with Crippen LogP contribution in [-0.2, 0) is 12.7 Å². The molecule has 30 heavy (non-hydrogen) atoms. The molecule has 2 aromatic rings. The molecule has 1 aromatic heterocycles. The molecule has 0 saturated carbocycles. The van der Waals surface area contributed by atoms with Crippen molar-refractivity contribution < 1.29 is 22.3 Å². The number of anilines is 1. The number of aromatic nitrogens is 2. The summed E-state index contributed by atoms with van der Waals surface area (Å²) in [5, 5.41) is 5.78. The number of hydrogen-bond donors (Lipinski definition) is 2. The number of rotatable bonds is 7. The Kier molecular flexibility index (Phi) is 10.0. The first-order valence-corrected chi connectivity index (χ1v) is 8.63. The third-order valence-electron chi connectivity index (χ3n) is 3.85. The number of guanidine groups is 1. The zero-order chi connectivity index (χ0) is 21.4. The number of aliphatic imine (C=N–C) groups is 1. The largest absolute Gasteiger partial charge is 0.494 e. The third-order valence-corrected chi connectivity index (χ3v) is 3.85. The van der Waals surface area contributed by atoms with Crippen LogP contribution < -0.4 is 15.4 Å². The number of halogens is 5. The van der Waals surface area contributed by atoms with Crippen LogP contribution >= 0.6 is 24.0 Å². The van der Waals surface area contributed by atoms with Gasteiger partial charge in [-0.3, -0.25) is 4.99 Å². The summed E-state index contributed by atoms with van der Waals surface area (Å²) < 4.78 is 56.7. The van der Waals surface area contributed by atoms with Crippen LogP contribution in [0.4, 0.5) is 23.5 Å². The predicted octanol–water partition coefficient (Wildman–Crippen LogP) is 3.38. The van der Waals surface area contributed by atoms with Crippen LogP contribution in [0.5, 0.6) is 5.75 Å². The minimum atomic E-state index is -4.52. The molecule has 0 saturated heterocycles. The quantitative estimate of drug-likeness (QED) is 0.184. The van der Waals surface area contributed by atoms with E-state index in [9.17, 15) is 17.6 Å². The highest BCUT2D eigenvalue weighted by molar-refractivity contribution is 14.0. The average molecular weight is 542 g/mol. The van der Waals surface area contributed by atoms with Gasteiger partial charge in [-0.1, -0.05) is 6.07 Å². The van der Waals surface area contributed by atoms with Gasteiger partial charge in [-0.2, -0.15) is 13.2 Å². The van der Waals surface area contributed by atoms with Crippen molar-refractivity contribution in [3.8, 4) is 5.75 Å². The second kappa shape index (κ2) is 11.7.